The molecule has 5 aliphatic rings. The molecule has 0 radical (unpaired) electrons. The molecule has 0 amide bonds. The molecule has 4 fully saturated rings. The van der Waals surface area contributed by atoms with Crippen LogP contribution in [0.5, 0.6) is 0 Å². The van der Waals surface area contributed by atoms with Crippen LogP contribution in [-0.2, 0) is 14.3 Å². The van der Waals surface area contributed by atoms with E-state index in [0.717, 1.165) is 18.8 Å². The van der Waals surface area contributed by atoms with Gasteiger partial charge in [-0.1, -0.05) is 67.0 Å². The fourth-order valence-electron chi connectivity index (χ4n) is 11.3. The second-order valence-corrected chi connectivity index (χ2v) is 17.0. The molecule has 0 aromatic rings. The second-order valence-electron chi connectivity index (χ2n) is 17.0. The Bertz CT molecular complexity index is 1040. The van der Waals surface area contributed by atoms with E-state index in [9.17, 15) is 9.59 Å². The number of hydrogen-bond donors (Lipinski definition) is 1. The van der Waals surface area contributed by atoms with E-state index < -0.39 is 5.97 Å². The predicted octanol–water partition coefficient (Wildman–Crippen LogP) is 8.97. The van der Waals surface area contributed by atoms with Gasteiger partial charge < -0.3 is 9.84 Å². The fourth-order valence-corrected chi connectivity index (χ4v) is 11.3. The number of allylic oxidation sites excluding steroid dienone is 2. The summed E-state index contributed by atoms with van der Waals surface area (Å²) in [7, 11) is 0. The molecule has 0 bridgehead atoms. The van der Waals surface area contributed by atoms with E-state index in [0.29, 0.717) is 34.5 Å². The molecule has 4 saturated carbocycles. The molecule has 5 rings (SSSR count). The van der Waals surface area contributed by atoms with Crippen LogP contribution in [0, 0.1) is 50.2 Å². The Kier molecular flexibility index (Phi) is 6.99. The van der Waals surface area contributed by atoms with Gasteiger partial charge in [0.2, 0.25) is 0 Å². The molecule has 220 valence electrons. The lowest BCUT2D eigenvalue weighted by atomic mass is 9.33. The lowest BCUT2D eigenvalue weighted by molar-refractivity contribution is -0.212. The number of carbonyl (C=O) groups is 2. The summed E-state index contributed by atoms with van der Waals surface area (Å²) in [6, 6.07) is 0. The molecule has 0 spiro atoms. The number of esters is 1. The van der Waals surface area contributed by atoms with E-state index in [2.05, 4.69) is 61.5 Å². The summed E-state index contributed by atoms with van der Waals surface area (Å²) in [5.41, 5.74) is 3.48. The molecular weight excluding hydrogens is 484 g/mol. The average Bonchev–Trinajstić information content (AvgIpc) is 2.82. The molecule has 39 heavy (non-hydrogen) atoms. The van der Waals surface area contributed by atoms with Crippen LogP contribution in [0.15, 0.2) is 11.6 Å². The van der Waals surface area contributed by atoms with E-state index in [-0.39, 0.29) is 41.2 Å². The Hall–Kier alpha value is -1.32. The SMILES string of the molecule is CC1(C)CC[C@]2(C)CC[C@]3(C)C(=CC[C@@H]4[C@@]5(C)CC[C@H](OC(=O)CCCC(=O)O)C(C)(C)[C@@H]5CC[C@]43C)[C@@H]2C1. The van der Waals surface area contributed by atoms with E-state index in [1.54, 1.807) is 0 Å². The first-order chi connectivity index (χ1) is 18.0. The number of carbonyl (C=O) groups excluding carboxylic acids is 1. The van der Waals surface area contributed by atoms with Crippen molar-refractivity contribution in [2.75, 3.05) is 0 Å². The van der Waals surface area contributed by atoms with Crippen LogP contribution in [-0.4, -0.2) is 23.1 Å². The first-order valence-electron chi connectivity index (χ1n) is 16.1. The van der Waals surface area contributed by atoms with Crippen molar-refractivity contribution in [1.29, 1.82) is 0 Å². The summed E-state index contributed by atoms with van der Waals surface area (Å²) in [5, 5.41) is 8.93. The zero-order valence-corrected chi connectivity index (χ0v) is 26.3. The zero-order valence-electron chi connectivity index (χ0n) is 26.3. The molecule has 0 unspecified atom stereocenters. The molecule has 0 saturated heterocycles. The summed E-state index contributed by atoms with van der Waals surface area (Å²) < 4.78 is 6.10. The minimum Gasteiger partial charge on any atom is -0.481 e. The Morgan fingerprint density at radius 1 is 0.872 bits per heavy atom. The largest absolute Gasteiger partial charge is 0.481 e. The average molecular weight is 541 g/mol. The number of fused-ring (bicyclic) bond motifs is 7. The summed E-state index contributed by atoms with van der Waals surface area (Å²) >= 11 is 0. The predicted molar refractivity (Wildman–Crippen MR) is 156 cm³/mol. The maximum atomic E-state index is 12.7. The zero-order chi connectivity index (χ0) is 28.6. The molecule has 5 aliphatic carbocycles. The summed E-state index contributed by atoms with van der Waals surface area (Å²) in [6.45, 7) is 20.2. The monoisotopic (exact) mass is 540 g/mol. The van der Waals surface area contributed by atoms with Crippen LogP contribution in [0.4, 0.5) is 0 Å². The number of ether oxygens (including phenoxy) is 1. The van der Waals surface area contributed by atoms with Crippen molar-refractivity contribution in [2.45, 2.75) is 145 Å². The van der Waals surface area contributed by atoms with Gasteiger partial charge >= 0.3 is 11.9 Å². The van der Waals surface area contributed by atoms with Gasteiger partial charge in [0.25, 0.3) is 0 Å². The first kappa shape index (κ1) is 29.2. The highest BCUT2D eigenvalue weighted by Gasteiger charge is 2.68. The number of carboxylic acids is 1. The van der Waals surface area contributed by atoms with Crippen molar-refractivity contribution in [3.05, 3.63) is 11.6 Å². The van der Waals surface area contributed by atoms with Crippen molar-refractivity contribution in [3.8, 4) is 0 Å². The first-order valence-corrected chi connectivity index (χ1v) is 16.1. The normalized spacial score (nSPS) is 46.0. The maximum absolute atomic E-state index is 12.7. The lowest BCUT2D eigenvalue weighted by Crippen LogP contribution is -2.64. The molecule has 8 atom stereocenters. The van der Waals surface area contributed by atoms with Gasteiger partial charge in [-0.3, -0.25) is 9.59 Å². The Balaban J connectivity index is 1.40. The van der Waals surface area contributed by atoms with Crippen LogP contribution in [0.2, 0.25) is 0 Å². The minimum absolute atomic E-state index is 0.0237. The fraction of sp³-hybridized carbons (Fsp3) is 0.886. The third-order valence-corrected chi connectivity index (χ3v) is 14.0. The van der Waals surface area contributed by atoms with Crippen molar-refractivity contribution in [1.82, 2.24) is 0 Å². The van der Waals surface area contributed by atoms with E-state index in [1.807, 2.05) is 5.57 Å². The number of rotatable bonds is 5. The van der Waals surface area contributed by atoms with E-state index in [1.165, 1.54) is 51.4 Å². The van der Waals surface area contributed by atoms with Crippen molar-refractivity contribution in [2.24, 2.45) is 50.2 Å². The molecule has 4 heteroatoms. The van der Waals surface area contributed by atoms with E-state index >= 15 is 0 Å². The van der Waals surface area contributed by atoms with Gasteiger partial charge in [-0.2, -0.15) is 0 Å². The van der Waals surface area contributed by atoms with Crippen LogP contribution < -0.4 is 0 Å². The molecule has 4 nitrogen and oxygen atoms in total. The summed E-state index contributed by atoms with van der Waals surface area (Å²) in [6.07, 6.45) is 15.8. The topological polar surface area (TPSA) is 63.6 Å². The molecule has 0 heterocycles. The van der Waals surface area contributed by atoms with E-state index in [4.69, 9.17) is 9.84 Å². The van der Waals surface area contributed by atoms with Gasteiger partial charge in [-0.15, -0.1) is 0 Å². The maximum Gasteiger partial charge on any atom is 0.306 e. The number of aliphatic carboxylic acids is 1. The van der Waals surface area contributed by atoms with Gasteiger partial charge in [0.1, 0.15) is 6.10 Å². The lowest BCUT2D eigenvalue weighted by Gasteiger charge is -2.71. The van der Waals surface area contributed by atoms with Crippen molar-refractivity contribution < 1.29 is 19.4 Å². The minimum atomic E-state index is -0.852. The van der Waals surface area contributed by atoms with Crippen molar-refractivity contribution in [3.63, 3.8) is 0 Å². The quantitative estimate of drug-likeness (QED) is 0.279. The molecule has 0 aliphatic heterocycles. The van der Waals surface area contributed by atoms with Gasteiger partial charge in [0, 0.05) is 18.3 Å². The highest BCUT2D eigenvalue weighted by Crippen LogP contribution is 2.75. The van der Waals surface area contributed by atoms with Crippen LogP contribution in [0.3, 0.4) is 0 Å². The van der Waals surface area contributed by atoms with Gasteiger partial charge in [0.05, 0.1) is 0 Å². The summed E-state index contributed by atoms with van der Waals surface area (Å²) in [4.78, 5) is 23.5. The second kappa shape index (κ2) is 9.35. The van der Waals surface area contributed by atoms with Gasteiger partial charge in [-0.05, 0) is 115 Å². The third kappa shape index (κ3) is 4.44. The highest BCUT2D eigenvalue weighted by molar-refractivity contribution is 5.71. The van der Waals surface area contributed by atoms with Gasteiger partial charge in [0.15, 0.2) is 0 Å². The molecular formula is C35H56O4. The van der Waals surface area contributed by atoms with Crippen LogP contribution >= 0.6 is 0 Å². The smallest absolute Gasteiger partial charge is 0.306 e. The number of hydrogen-bond acceptors (Lipinski definition) is 3. The van der Waals surface area contributed by atoms with Crippen molar-refractivity contribution >= 4 is 11.9 Å². The molecule has 0 aromatic heterocycles. The van der Waals surface area contributed by atoms with Gasteiger partial charge in [-0.25, -0.2) is 0 Å². The molecule has 1 N–H and O–H groups in total. The Labute approximate surface area is 238 Å². The van der Waals surface area contributed by atoms with Crippen LogP contribution in [0.25, 0.3) is 0 Å². The third-order valence-electron chi connectivity index (χ3n) is 14.0. The Morgan fingerprint density at radius 3 is 2.26 bits per heavy atom. The molecule has 0 aromatic carbocycles. The standard InChI is InChI=1S/C35H56O4/c1-30(2)18-19-32(5)20-21-34(7)23(24(32)22-30)12-13-26-33(6)16-15-27(39-29(38)11-9-10-28(36)37)31(3,4)25(33)14-17-35(26,34)8/h12,24-27H,9-11,13-22H2,1-8H3,(H,36,37)/t24-,25-,26+,27-,32+,33-,34+,35+/m0/s1. The highest BCUT2D eigenvalue weighted by atomic mass is 16.5. The Morgan fingerprint density at radius 2 is 1.56 bits per heavy atom. The van der Waals surface area contributed by atoms with Crippen LogP contribution in [0.1, 0.15) is 139 Å². The number of carboxylic acid groups (broad SMARTS) is 1. The summed E-state index contributed by atoms with van der Waals surface area (Å²) in [5.74, 6) is 0.836.